The molecule has 108 valence electrons. The van der Waals surface area contributed by atoms with Gasteiger partial charge in [-0.15, -0.1) is 11.3 Å². The first kappa shape index (κ1) is 14.7. The predicted octanol–water partition coefficient (Wildman–Crippen LogP) is 3.62. The molecule has 1 unspecified atom stereocenters. The van der Waals surface area contributed by atoms with Gasteiger partial charge in [-0.3, -0.25) is 0 Å². The highest BCUT2D eigenvalue weighted by atomic mass is 32.1. The normalized spacial score (nSPS) is 12.4. The zero-order valence-corrected chi connectivity index (χ0v) is 12.9. The van der Waals surface area contributed by atoms with Crippen molar-refractivity contribution in [1.29, 1.82) is 0 Å². The Morgan fingerprint density at radius 2 is 2.25 bits per heavy atom. The standard InChI is InChI=1S/C14H18N2O3S/c1-5-6-12-16-8(2)13(20-12)14(17)18-9(3)11-7-15-19-10(11)4/h7,9H,5-6H2,1-4H3. The molecule has 2 rings (SSSR count). The molecule has 0 bridgehead atoms. The highest BCUT2D eigenvalue weighted by molar-refractivity contribution is 7.13. The smallest absolute Gasteiger partial charge is 0.350 e. The van der Waals surface area contributed by atoms with Gasteiger partial charge in [-0.2, -0.15) is 0 Å². The Labute approximate surface area is 122 Å². The van der Waals surface area contributed by atoms with E-state index in [1.54, 1.807) is 20.0 Å². The topological polar surface area (TPSA) is 65.2 Å². The van der Waals surface area contributed by atoms with E-state index in [0.717, 1.165) is 29.1 Å². The van der Waals surface area contributed by atoms with E-state index in [1.165, 1.54) is 11.3 Å². The first-order chi connectivity index (χ1) is 9.52. The molecule has 0 N–H and O–H groups in total. The van der Waals surface area contributed by atoms with Crippen molar-refractivity contribution in [3.05, 3.63) is 33.1 Å². The van der Waals surface area contributed by atoms with Gasteiger partial charge >= 0.3 is 5.97 Å². The molecule has 0 aliphatic rings. The molecule has 0 saturated heterocycles. The van der Waals surface area contributed by atoms with Crippen LogP contribution in [0.5, 0.6) is 0 Å². The molecule has 2 aromatic heterocycles. The molecule has 0 spiro atoms. The third-order valence-electron chi connectivity index (χ3n) is 3.00. The van der Waals surface area contributed by atoms with Crippen LogP contribution in [0.25, 0.3) is 0 Å². The van der Waals surface area contributed by atoms with E-state index in [4.69, 9.17) is 9.26 Å². The zero-order chi connectivity index (χ0) is 14.7. The summed E-state index contributed by atoms with van der Waals surface area (Å²) in [4.78, 5) is 17.2. The average Bonchev–Trinajstić information content (AvgIpc) is 2.96. The van der Waals surface area contributed by atoms with E-state index in [-0.39, 0.29) is 12.1 Å². The van der Waals surface area contributed by atoms with Crippen LogP contribution in [0.15, 0.2) is 10.7 Å². The second-order valence-corrected chi connectivity index (χ2v) is 5.74. The fourth-order valence-corrected chi connectivity index (χ4v) is 2.99. The zero-order valence-electron chi connectivity index (χ0n) is 12.1. The average molecular weight is 294 g/mol. The van der Waals surface area contributed by atoms with Crippen molar-refractivity contribution >= 4 is 17.3 Å². The molecule has 5 nitrogen and oxygen atoms in total. The molecule has 0 radical (unpaired) electrons. The fourth-order valence-electron chi connectivity index (χ4n) is 1.94. The van der Waals surface area contributed by atoms with Crippen LogP contribution in [-0.2, 0) is 11.2 Å². The molecule has 0 saturated carbocycles. The van der Waals surface area contributed by atoms with Crippen molar-refractivity contribution in [2.45, 2.75) is 46.6 Å². The molecule has 0 aliphatic carbocycles. The molecule has 0 aromatic carbocycles. The molecular weight excluding hydrogens is 276 g/mol. The molecular formula is C14H18N2O3S. The summed E-state index contributed by atoms with van der Waals surface area (Å²) in [6.07, 6.45) is 3.09. The lowest BCUT2D eigenvalue weighted by molar-refractivity contribution is 0.0340. The van der Waals surface area contributed by atoms with Crippen LogP contribution >= 0.6 is 11.3 Å². The number of carbonyl (C=O) groups is 1. The van der Waals surface area contributed by atoms with Crippen molar-refractivity contribution in [2.24, 2.45) is 0 Å². The SMILES string of the molecule is CCCc1nc(C)c(C(=O)OC(C)c2cnoc2C)s1. The Morgan fingerprint density at radius 1 is 1.50 bits per heavy atom. The Balaban J connectivity index is 2.10. The number of carbonyl (C=O) groups excluding carboxylic acids is 1. The number of thiazole rings is 1. The molecule has 2 heterocycles. The number of aryl methyl sites for hydroxylation is 3. The molecule has 0 aliphatic heterocycles. The number of ether oxygens (including phenoxy) is 1. The summed E-state index contributed by atoms with van der Waals surface area (Å²) in [6.45, 7) is 7.53. The summed E-state index contributed by atoms with van der Waals surface area (Å²) in [7, 11) is 0. The van der Waals surface area contributed by atoms with Gasteiger partial charge in [-0.05, 0) is 33.6 Å². The van der Waals surface area contributed by atoms with E-state index in [1.807, 2.05) is 6.92 Å². The second-order valence-electron chi connectivity index (χ2n) is 4.66. The van der Waals surface area contributed by atoms with Crippen molar-refractivity contribution < 1.29 is 14.1 Å². The third-order valence-corrected chi connectivity index (χ3v) is 4.20. The number of aromatic nitrogens is 2. The minimum atomic E-state index is -0.384. The van der Waals surface area contributed by atoms with Gasteiger partial charge in [-0.25, -0.2) is 9.78 Å². The summed E-state index contributed by atoms with van der Waals surface area (Å²) in [5, 5.41) is 4.67. The van der Waals surface area contributed by atoms with Gasteiger partial charge in [0.25, 0.3) is 0 Å². The van der Waals surface area contributed by atoms with Crippen LogP contribution in [0.3, 0.4) is 0 Å². The number of hydrogen-bond donors (Lipinski definition) is 0. The lowest BCUT2D eigenvalue weighted by atomic mass is 10.2. The summed E-state index contributed by atoms with van der Waals surface area (Å²) in [5.41, 5.74) is 1.52. The third kappa shape index (κ3) is 3.07. The van der Waals surface area contributed by atoms with Gasteiger partial charge in [0.05, 0.1) is 22.5 Å². The molecule has 0 fully saturated rings. The number of rotatable bonds is 5. The summed E-state index contributed by atoms with van der Waals surface area (Å²) < 4.78 is 10.4. The van der Waals surface area contributed by atoms with Gasteiger partial charge in [-0.1, -0.05) is 12.1 Å². The first-order valence-electron chi connectivity index (χ1n) is 6.61. The van der Waals surface area contributed by atoms with E-state index < -0.39 is 0 Å². The van der Waals surface area contributed by atoms with Crippen molar-refractivity contribution in [3.8, 4) is 0 Å². The molecule has 0 amide bonds. The summed E-state index contributed by atoms with van der Waals surface area (Å²) in [5.74, 6) is 0.327. The van der Waals surface area contributed by atoms with Crippen LogP contribution in [0.1, 0.15) is 58.1 Å². The van der Waals surface area contributed by atoms with Crippen LogP contribution in [-0.4, -0.2) is 16.1 Å². The Kier molecular flexibility index (Phi) is 4.54. The van der Waals surface area contributed by atoms with Crippen molar-refractivity contribution in [3.63, 3.8) is 0 Å². The highest BCUT2D eigenvalue weighted by Crippen LogP contribution is 2.25. The lowest BCUT2D eigenvalue weighted by Gasteiger charge is -2.11. The van der Waals surface area contributed by atoms with Crippen molar-refractivity contribution in [1.82, 2.24) is 10.1 Å². The van der Waals surface area contributed by atoms with Crippen LogP contribution in [0.2, 0.25) is 0 Å². The van der Waals surface area contributed by atoms with Crippen molar-refractivity contribution in [2.75, 3.05) is 0 Å². The molecule has 1 atom stereocenters. The van der Waals surface area contributed by atoms with Gasteiger partial charge in [0.15, 0.2) is 0 Å². The maximum atomic E-state index is 12.2. The van der Waals surface area contributed by atoms with Crippen LogP contribution < -0.4 is 0 Å². The number of hydrogen-bond acceptors (Lipinski definition) is 6. The molecule has 20 heavy (non-hydrogen) atoms. The Hall–Kier alpha value is -1.69. The summed E-state index contributed by atoms with van der Waals surface area (Å²) >= 11 is 1.41. The monoisotopic (exact) mass is 294 g/mol. The maximum Gasteiger partial charge on any atom is 0.350 e. The van der Waals surface area contributed by atoms with Gasteiger partial charge in [0.1, 0.15) is 16.7 Å². The largest absolute Gasteiger partial charge is 0.453 e. The molecule has 6 heteroatoms. The first-order valence-corrected chi connectivity index (χ1v) is 7.43. The number of esters is 1. The van der Waals surface area contributed by atoms with E-state index >= 15 is 0 Å². The minimum Gasteiger partial charge on any atom is -0.453 e. The second kappa shape index (κ2) is 6.17. The predicted molar refractivity (Wildman–Crippen MR) is 75.9 cm³/mol. The Bertz CT molecular complexity index is 603. The fraction of sp³-hybridized carbons (Fsp3) is 0.500. The maximum absolute atomic E-state index is 12.2. The van der Waals surface area contributed by atoms with Gasteiger partial charge in [0, 0.05) is 0 Å². The summed E-state index contributed by atoms with van der Waals surface area (Å²) in [6, 6.07) is 0. The van der Waals surface area contributed by atoms with Crippen LogP contribution in [0.4, 0.5) is 0 Å². The van der Waals surface area contributed by atoms with Gasteiger partial charge in [0.2, 0.25) is 0 Å². The van der Waals surface area contributed by atoms with E-state index in [9.17, 15) is 4.79 Å². The lowest BCUT2D eigenvalue weighted by Crippen LogP contribution is -2.09. The minimum absolute atomic E-state index is 0.338. The van der Waals surface area contributed by atoms with Crippen LogP contribution in [0, 0.1) is 13.8 Å². The van der Waals surface area contributed by atoms with E-state index in [2.05, 4.69) is 17.1 Å². The highest BCUT2D eigenvalue weighted by Gasteiger charge is 2.21. The van der Waals surface area contributed by atoms with E-state index in [0.29, 0.717) is 10.6 Å². The Morgan fingerprint density at radius 3 is 2.85 bits per heavy atom. The quantitative estimate of drug-likeness (QED) is 0.788. The molecule has 2 aromatic rings. The number of nitrogens with zero attached hydrogens (tertiary/aromatic N) is 2. The van der Waals surface area contributed by atoms with Gasteiger partial charge < -0.3 is 9.26 Å².